The van der Waals surface area contributed by atoms with E-state index >= 15 is 0 Å². The minimum absolute atomic E-state index is 0.0745. The first-order valence-corrected chi connectivity index (χ1v) is 14.0. The van der Waals surface area contributed by atoms with Gasteiger partial charge in [-0.2, -0.15) is 13.2 Å². The summed E-state index contributed by atoms with van der Waals surface area (Å²) in [5.74, 6) is -0.444. The van der Waals surface area contributed by atoms with Crippen LogP contribution < -0.4 is 15.6 Å². The summed E-state index contributed by atoms with van der Waals surface area (Å²) in [6, 6.07) is 0. The van der Waals surface area contributed by atoms with Crippen LogP contribution in [0.25, 0.3) is 11.2 Å². The van der Waals surface area contributed by atoms with Gasteiger partial charge in [-0.25, -0.2) is 14.8 Å². The maximum atomic E-state index is 13.7. The number of aromatic nitrogens is 3. The van der Waals surface area contributed by atoms with Crippen molar-refractivity contribution in [2.45, 2.75) is 77.2 Å². The van der Waals surface area contributed by atoms with E-state index in [0.717, 1.165) is 0 Å². The van der Waals surface area contributed by atoms with E-state index < -0.39 is 34.7 Å². The Labute approximate surface area is 237 Å². The summed E-state index contributed by atoms with van der Waals surface area (Å²) in [5.41, 5.74) is -2.23. The molecule has 1 saturated heterocycles. The highest BCUT2D eigenvalue weighted by Gasteiger charge is 2.78. The molecule has 1 aliphatic heterocycles. The zero-order valence-corrected chi connectivity index (χ0v) is 24.4. The van der Waals surface area contributed by atoms with E-state index in [1.807, 2.05) is 11.8 Å². The lowest BCUT2D eigenvalue weighted by Gasteiger charge is -2.70. The van der Waals surface area contributed by atoms with Gasteiger partial charge >= 0.3 is 12.3 Å². The van der Waals surface area contributed by atoms with E-state index in [1.54, 1.807) is 30.2 Å². The van der Waals surface area contributed by atoms with Gasteiger partial charge in [-0.3, -0.25) is 9.59 Å². The first-order valence-electron chi connectivity index (χ1n) is 13.3. The Hall–Kier alpha value is -2.90. The number of piperazine rings is 1. The van der Waals surface area contributed by atoms with Gasteiger partial charge in [-0.15, -0.1) is 0 Å². The summed E-state index contributed by atoms with van der Waals surface area (Å²) < 4.78 is 47.3. The molecule has 3 saturated carbocycles. The van der Waals surface area contributed by atoms with Gasteiger partial charge in [0.1, 0.15) is 22.4 Å². The predicted molar refractivity (Wildman–Crippen MR) is 144 cm³/mol. The zero-order chi connectivity index (χ0) is 29.3. The molecule has 6 rings (SSSR count). The quantitative estimate of drug-likeness (QED) is 0.537. The van der Waals surface area contributed by atoms with E-state index in [1.165, 1.54) is 6.20 Å². The van der Waals surface area contributed by atoms with Gasteiger partial charge in [0.2, 0.25) is 11.3 Å². The molecule has 0 radical (unpaired) electrons. The first-order chi connectivity index (χ1) is 18.6. The number of halogens is 4. The van der Waals surface area contributed by atoms with Gasteiger partial charge in [0.15, 0.2) is 11.2 Å². The number of fused-ring (bicyclic) bond motifs is 1. The molecule has 0 aromatic carbocycles. The third kappa shape index (κ3) is 4.92. The van der Waals surface area contributed by atoms with E-state index in [2.05, 4.69) is 31.2 Å². The number of nitrogens with zero attached hydrogens (tertiary/aromatic N) is 5. The Morgan fingerprint density at radius 2 is 1.75 bits per heavy atom. The fraction of sp³-hybridized carbons (Fsp3) is 0.654. The second kappa shape index (κ2) is 9.59. The van der Waals surface area contributed by atoms with Gasteiger partial charge in [0, 0.05) is 37.4 Å². The van der Waals surface area contributed by atoms with Crippen LogP contribution in [0.1, 0.15) is 52.7 Å². The number of carbonyl (C=O) groups is 2. The number of nitrogens with one attached hydrogen (secondary N) is 1. The largest absolute Gasteiger partial charge is 0.444 e. The average Bonchev–Trinajstić information content (AvgIpc) is 2.80. The lowest BCUT2D eigenvalue weighted by molar-refractivity contribution is -0.337. The van der Waals surface area contributed by atoms with Crippen LogP contribution in [0.3, 0.4) is 0 Å². The van der Waals surface area contributed by atoms with Gasteiger partial charge in [-0.05, 0) is 62.4 Å². The third-order valence-electron chi connectivity index (χ3n) is 7.93. The van der Waals surface area contributed by atoms with E-state index in [0.29, 0.717) is 48.6 Å². The first kappa shape index (κ1) is 28.6. The molecule has 2 aromatic rings. The lowest BCUT2D eigenvalue weighted by Crippen LogP contribution is -2.78. The number of ether oxygens (including phenoxy) is 1. The van der Waals surface area contributed by atoms with Crippen molar-refractivity contribution >= 4 is 44.8 Å². The Bertz CT molecular complexity index is 1410. The van der Waals surface area contributed by atoms with Gasteiger partial charge in [0.25, 0.3) is 0 Å². The van der Waals surface area contributed by atoms with Gasteiger partial charge in [-0.1, -0.05) is 6.92 Å². The molecule has 14 heteroatoms. The molecule has 3 heterocycles. The van der Waals surface area contributed by atoms with Crippen molar-refractivity contribution in [3.63, 3.8) is 0 Å². The summed E-state index contributed by atoms with van der Waals surface area (Å²) in [5, 5.41) is 2.81. The number of alkyl halides is 3. The molecule has 2 aromatic heterocycles. The van der Waals surface area contributed by atoms with E-state index in [9.17, 15) is 27.6 Å². The predicted octanol–water partition coefficient (Wildman–Crippen LogP) is 3.77. The topological polar surface area (TPSA) is 110 Å². The molecule has 1 N–H and O–H groups in total. The van der Waals surface area contributed by atoms with Crippen molar-refractivity contribution in [1.82, 2.24) is 24.8 Å². The number of pyridine rings is 1. The minimum Gasteiger partial charge on any atom is -0.444 e. The Balaban J connectivity index is 1.41. The van der Waals surface area contributed by atoms with Crippen LogP contribution in [-0.4, -0.2) is 74.9 Å². The summed E-state index contributed by atoms with van der Waals surface area (Å²) in [4.78, 5) is 51.6. The summed E-state index contributed by atoms with van der Waals surface area (Å²) in [7, 11) is 0. The van der Waals surface area contributed by atoms with Crippen molar-refractivity contribution in [2.75, 3.05) is 31.1 Å². The number of amides is 2. The standard InChI is InChI=1S/C26H32BrF3N6O4/c1-5-15-19(34-6-8-35(9-7-34)22(39)40-23(2,3)4)20(38)18-21(31-10-16(27)32-18)36(15)11-17(37)33-25-12-24(13-25,14-25)26(28,29)30/h10H,5-9,11-14H2,1-4H3,(H,33,37). The second-order valence-corrected chi connectivity index (χ2v) is 12.8. The number of carbonyl (C=O) groups excluding carboxylic acids is 2. The number of anilines is 1. The van der Waals surface area contributed by atoms with Crippen LogP contribution in [0.4, 0.5) is 23.7 Å². The maximum Gasteiger partial charge on any atom is 0.410 e. The van der Waals surface area contributed by atoms with Gasteiger partial charge in [0.05, 0.1) is 11.6 Å². The van der Waals surface area contributed by atoms with Crippen molar-refractivity contribution in [1.29, 1.82) is 0 Å². The molecular formula is C26H32BrF3N6O4. The molecule has 2 bridgehead atoms. The molecular weight excluding hydrogens is 597 g/mol. The summed E-state index contributed by atoms with van der Waals surface area (Å²) in [6.45, 7) is 8.43. The van der Waals surface area contributed by atoms with Crippen molar-refractivity contribution in [2.24, 2.45) is 5.41 Å². The van der Waals surface area contributed by atoms with Crippen LogP contribution in [0, 0.1) is 5.41 Å². The fourth-order valence-corrected chi connectivity index (χ4v) is 6.48. The molecule has 0 atom stereocenters. The fourth-order valence-electron chi connectivity index (χ4n) is 6.20. The van der Waals surface area contributed by atoms with E-state index in [-0.39, 0.29) is 42.4 Å². The third-order valence-corrected chi connectivity index (χ3v) is 8.31. The smallest absolute Gasteiger partial charge is 0.410 e. The Kier molecular flexibility index (Phi) is 6.86. The SMILES string of the molecule is CCc1c(N2CCN(C(=O)OC(C)(C)C)CC2)c(=O)c2nc(Br)cnc2n1CC(=O)NC12CC(C(F)(F)F)(C1)C2. The van der Waals surface area contributed by atoms with Gasteiger partial charge < -0.3 is 24.4 Å². The second-order valence-electron chi connectivity index (χ2n) is 12.0. The Morgan fingerprint density at radius 3 is 2.30 bits per heavy atom. The maximum absolute atomic E-state index is 13.7. The van der Waals surface area contributed by atoms with E-state index in [4.69, 9.17) is 4.74 Å². The normalized spacial score (nSPS) is 24.4. The molecule has 40 heavy (non-hydrogen) atoms. The Morgan fingerprint density at radius 1 is 1.12 bits per heavy atom. The van der Waals surface area contributed by atoms with Crippen LogP contribution in [0.2, 0.25) is 0 Å². The van der Waals surface area contributed by atoms with Crippen molar-refractivity contribution in [3.8, 4) is 0 Å². The van der Waals surface area contributed by atoms with Crippen LogP contribution >= 0.6 is 15.9 Å². The average molecular weight is 629 g/mol. The molecule has 4 aliphatic rings. The van der Waals surface area contributed by atoms with Crippen LogP contribution in [-0.2, 0) is 22.5 Å². The van der Waals surface area contributed by atoms with Crippen molar-refractivity contribution < 1.29 is 27.5 Å². The minimum atomic E-state index is -4.27. The molecule has 0 spiro atoms. The van der Waals surface area contributed by atoms with Crippen LogP contribution in [0.5, 0.6) is 0 Å². The molecule has 0 unspecified atom stereocenters. The molecule has 3 aliphatic carbocycles. The lowest BCUT2D eigenvalue weighted by atomic mass is 9.39. The number of hydrogen-bond donors (Lipinski definition) is 1. The highest BCUT2D eigenvalue weighted by molar-refractivity contribution is 9.10. The highest BCUT2D eigenvalue weighted by atomic mass is 79.9. The zero-order valence-electron chi connectivity index (χ0n) is 22.8. The monoisotopic (exact) mass is 628 g/mol. The van der Waals surface area contributed by atoms with Crippen LogP contribution in [0.15, 0.2) is 15.6 Å². The molecule has 2 amide bonds. The number of hydrogen-bond acceptors (Lipinski definition) is 7. The molecule has 4 fully saturated rings. The molecule has 218 valence electrons. The summed E-state index contributed by atoms with van der Waals surface area (Å²) in [6.07, 6.45) is -3.20. The van der Waals surface area contributed by atoms with Crippen molar-refractivity contribution in [3.05, 3.63) is 26.7 Å². The summed E-state index contributed by atoms with van der Waals surface area (Å²) >= 11 is 3.26. The number of rotatable bonds is 5. The highest BCUT2D eigenvalue weighted by Crippen LogP contribution is 2.73. The molecule has 10 nitrogen and oxygen atoms in total.